The van der Waals surface area contributed by atoms with Gasteiger partial charge in [-0.1, -0.05) is 18.5 Å². The lowest BCUT2D eigenvalue weighted by molar-refractivity contribution is 0.258. The van der Waals surface area contributed by atoms with Crippen LogP contribution in [0.25, 0.3) is 0 Å². The predicted molar refractivity (Wildman–Crippen MR) is 82.2 cm³/mol. The van der Waals surface area contributed by atoms with Gasteiger partial charge < -0.3 is 19.9 Å². The Bertz CT molecular complexity index is 438. The summed E-state index contributed by atoms with van der Waals surface area (Å²) in [5.74, 6) is 1.70. The number of benzene rings is 1. The van der Waals surface area contributed by atoms with E-state index in [0.717, 1.165) is 12.0 Å². The van der Waals surface area contributed by atoms with Crippen molar-refractivity contribution < 1.29 is 14.2 Å². The van der Waals surface area contributed by atoms with Gasteiger partial charge in [0, 0.05) is 11.6 Å². The molecule has 114 valence electrons. The van der Waals surface area contributed by atoms with E-state index in [1.807, 2.05) is 33.8 Å². The molecule has 0 spiro atoms. The third-order valence-electron chi connectivity index (χ3n) is 2.88. The standard InChI is InChI=1S/C15H24ClNO3/c1-5-12(17)10-9-11(16)14(19-7-3)15(20-8-4)13(10)18-6-2/h9,12H,5-8,17H2,1-4H3. The fourth-order valence-corrected chi connectivity index (χ4v) is 2.21. The van der Waals surface area contributed by atoms with Crippen molar-refractivity contribution in [2.45, 2.75) is 40.2 Å². The number of halogens is 1. The molecular formula is C15H24ClNO3. The largest absolute Gasteiger partial charge is 0.489 e. The lowest BCUT2D eigenvalue weighted by Crippen LogP contribution is -2.13. The van der Waals surface area contributed by atoms with Gasteiger partial charge in [0.2, 0.25) is 5.75 Å². The Balaban J connectivity index is 3.46. The Morgan fingerprint density at radius 2 is 1.45 bits per heavy atom. The number of ether oxygens (including phenoxy) is 3. The molecule has 20 heavy (non-hydrogen) atoms. The SMILES string of the molecule is CCOc1c(Cl)cc(C(N)CC)c(OCC)c1OCC. The van der Waals surface area contributed by atoms with Gasteiger partial charge in [-0.3, -0.25) is 0 Å². The molecule has 0 fully saturated rings. The van der Waals surface area contributed by atoms with E-state index in [2.05, 4.69) is 0 Å². The lowest BCUT2D eigenvalue weighted by Gasteiger charge is -2.22. The summed E-state index contributed by atoms with van der Waals surface area (Å²) in [4.78, 5) is 0. The van der Waals surface area contributed by atoms with E-state index in [-0.39, 0.29) is 6.04 Å². The van der Waals surface area contributed by atoms with Crippen LogP contribution in [0.4, 0.5) is 0 Å². The van der Waals surface area contributed by atoms with Crippen LogP contribution in [0.1, 0.15) is 45.7 Å². The van der Waals surface area contributed by atoms with Gasteiger partial charge in [-0.15, -0.1) is 0 Å². The summed E-state index contributed by atoms with van der Waals surface area (Å²) < 4.78 is 17.0. The van der Waals surface area contributed by atoms with Crippen molar-refractivity contribution in [3.8, 4) is 17.2 Å². The molecular weight excluding hydrogens is 278 g/mol. The van der Waals surface area contributed by atoms with Gasteiger partial charge in [-0.2, -0.15) is 0 Å². The van der Waals surface area contributed by atoms with E-state index >= 15 is 0 Å². The van der Waals surface area contributed by atoms with Crippen LogP contribution in [0.2, 0.25) is 5.02 Å². The summed E-state index contributed by atoms with van der Waals surface area (Å²) in [5.41, 5.74) is 7.00. The molecule has 0 aliphatic rings. The van der Waals surface area contributed by atoms with Crippen molar-refractivity contribution in [2.24, 2.45) is 5.73 Å². The number of hydrogen-bond donors (Lipinski definition) is 1. The zero-order valence-corrected chi connectivity index (χ0v) is 13.4. The molecule has 1 rings (SSSR count). The molecule has 5 heteroatoms. The molecule has 1 aromatic rings. The zero-order chi connectivity index (χ0) is 15.1. The van der Waals surface area contributed by atoms with Crippen LogP contribution < -0.4 is 19.9 Å². The highest BCUT2D eigenvalue weighted by Crippen LogP contribution is 2.47. The lowest BCUT2D eigenvalue weighted by atomic mass is 10.0. The van der Waals surface area contributed by atoms with Gasteiger partial charge in [-0.25, -0.2) is 0 Å². The van der Waals surface area contributed by atoms with Crippen LogP contribution in [-0.2, 0) is 0 Å². The van der Waals surface area contributed by atoms with Crippen molar-refractivity contribution in [3.05, 3.63) is 16.7 Å². The van der Waals surface area contributed by atoms with Crippen molar-refractivity contribution in [2.75, 3.05) is 19.8 Å². The highest BCUT2D eigenvalue weighted by atomic mass is 35.5. The smallest absolute Gasteiger partial charge is 0.205 e. The molecule has 1 atom stereocenters. The normalized spacial score (nSPS) is 12.1. The van der Waals surface area contributed by atoms with Crippen molar-refractivity contribution in [1.29, 1.82) is 0 Å². The Morgan fingerprint density at radius 1 is 0.950 bits per heavy atom. The molecule has 1 aromatic carbocycles. The minimum absolute atomic E-state index is 0.149. The topological polar surface area (TPSA) is 53.7 Å². The molecule has 0 aliphatic carbocycles. The summed E-state index contributed by atoms with van der Waals surface area (Å²) in [6.07, 6.45) is 0.788. The maximum absolute atomic E-state index is 6.31. The Hall–Kier alpha value is -1.13. The molecule has 4 nitrogen and oxygen atoms in total. The summed E-state index contributed by atoms with van der Waals surface area (Å²) in [6.45, 7) is 9.28. The molecule has 1 unspecified atom stereocenters. The van der Waals surface area contributed by atoms with Crippen LogP contribution >= 0.6 is 11.6 Å². The number of hydrogen-bond acceptors (Lipinski definition) is 4. The first-order valence-electron chi connectivity index (χ1n) is 7.10. The maximum Gasteiger partial charge on any atom is 0.205 e. The number of nitrogens with two attached hydrogens (primary N) is 1. The fraction of sp³-hybridized carbons (Fsp3) is 0.600. The second-order valence-corrected chi connectivity index (χ2v) is 4.66. The summed E-state index contributed by atoms with van der Waals surface area (Å²) in [6, 6.07) is 1.66. The third kappa shape index (κ3) is 3.70. The maximum atomic E-state index is 6.31. The quantitative estimate of drug-likeness (QED) is 0.790. The van der Waals surface area contributed by atoms with Gasteiger partial charge in [0.25, 0.3) is 0 Å². The Labute approximate surface area is 126 Å². The molecule has 0 aliphatic heterocycles. The number of rotatable bonds is 8. The predicted octanol–water partition coefficient (Wildman–Crippen LogP) is 3.95. The highest BCUT2D eigenvalue weighted by molar-refractivity contribution is 6.32. The molecule has 2 N–H and O–H groups in total. The Morgan fingerprint density at radius 3 is 1.95 bits per heavy atom. The first-order chi connectivity index (χ1) is 9.60. The first kappa shape index (κ1) is 16.9. The molecule has 0 heterocycles. The third-order valence-corrected chi connectivity index (χ3v) is 3.16. The van der Waals surface area contributed by atoms with Crippen molar-refractivity contribution in [3.63, 3.8) is 0 Å². The van der Waals surface area contributed by atoms with Crippen LogP contribution in [0.3, 0.4) is 0 Å². The van der Waals surface area contributed by atoms with Crippen LogP contribution in [-0.4, -0.2) is 19.8 Å². The van der Waals surface area contributed by atoms with E-state index in [1.165, 1.54) is 0 Å². The van der Waals surface area contributed by atoms with Gasteiger partial charge in [0.1, 0.15) is 0 Å². The van der Waals surface area contributed by atoms with Crippen LogP contribution in [0, 0.1) is 0 Å². The summed E-state index contributed by atoms with van der Waals surface area (Å²) in [7, 11) is 0. The van der Waals surface area contributed by atoms with Gasteiger partial charge in [0.15, 0.2) is 11.5 Å². The second kappa shape index (κ2) is 8.22. The monoisotopic (exact) mass is 301 g/mol. The van der Waals surface area contributed by atoms with Gasteiger partial charge >= 0.3 is 0 Å². The fourth-order valence-electron chi connectivity index (χ4n) is 1.95. The summed E-state index contributed by atoms with van der Waals surface area (Å²) >= 11 is 6.31. The van der Waals surface area contributed by atoms with Crippen molar-refractivity contribution in [1.82, 2.24) is 0 Å². The van der Waals surface area contributed by atoms with E-state index in [9.17, 15) is 0 Å². The first-order valence-corrected chi connectivity index (χ1v) is 7.48. The average molecular weight is 302 g/mol. The van der Waals surface area contributed by atoms with Crippen LogP contribution in [0.5, 0.6) is 17.2 Å². The molecule has 0 aromatic heterocycles. The minimum atomic E-state index is -0.149. The van der Waals surface area contributed by atoms with E-state index in [1.54, 1.807) is 0 Å². The zero-order valence-electron chi connectivity index (χ0n) is 12.7. The molecule has 0 radical (unpaired) electrons. The second-order valence-electron chi connectivity index (χ2n) is 4.25. The van der Waals surface area contributed by atoms with E-state index in [0.29, 0.717) is 42.1 Å². The highest BCUT2D eigenvalue weighted by Gasteiger charge is 2.23. The summed E-state index contributed by atoms with van der Waals surface area (Å²) in [5, 5.41) is 0.498. The molecule has 0 bridgehead atoms. The van der Waals surface area contributed by atoms with Gasteiger partial charge in [0.05, 0.1) is 24.8 Å². The Kier molecular flexibility index (Phi) is 6.96. The van der Waals surface area contributed by atoms with E-state index < -0.39 is 0 Å². The van der Waals surface area contributed by atoms with Crippen molar-refractivity contribution >= 4 is 11.6 Å². The molecule has 0 amide bonds. The average Bonchev–Trinajstić information content (AvgIpc) is 2.44. The van der Waals surface area contributed by atoms with E-state index in [4.69, 9.17) is 31.5 Å². The molecule has 0 saturated carbocycles. The molecule has 0 saturated heterocycles. The van der Waals surface area contributed by atoms with Gasteiger partial charge in [-0.05, 0) is 33.3 Å². The van der Waals surface area contributed by atoms with Crippen LogP contribution in [0.15, 0.2) is 6.07 Å². The minimum Gasteiger partial charge on any atom is -0.489 e.